The topological polar surface area (TPSA) is 50.8 Å². The molecule has 1 heterocycles. The molecule has 0 fully saturated rings. The van der Waals surface area contributed by atoms with E-state index in [-0.39, 0.29) is 12.7 Å². The van der Waals surface area contributed by atoms with Crippen molar-refractivity contribution in [1.29, 1.82) is 0 Å². The van der Waals surface area contributed by atoms with Crippen LogP contribution >= 0.6 is 11.6 Å². The molecule has 0 bridgehead atoms. The Bertz CT molecular complexity index is 736. The van der Waals surface area contributed by atoms with Crippen molar-refractivity contribution in [2.24, 2.45) is 0 Å². The van der Waals surface area contributed by atoms with E-state index >= 15 is 0 Å². The van der Waals surface area contributed by atoms with Gasteiger partial charge in [0.25, 0.3) is 0 Å². The lowest BCUT2D eigenvalue weighted by atomic mass is 10.2. The Labute approximate surface area is 146 Å². The van der Waals surface area contributed by atoms with E-state index in [1.54, 1.807) is 0 Å². The maximum atomic E-state index is 12.1. The smallest absolute Gasteiger partial charge is 0.234 e. The van der Waals surface area contributed by atoms with E-state index in [9.17, 15) is 4.79 Å². The number of ether oxygens (including phenoxy) is 2. The second-order valence-electron chi connectivity index (χ2n) is 5.77. The molecule has 6 heteroatoms. The minimum Gasteiger partial charge on any atom is -0.454 e. The minimum absolute atomic E-state index is 0.0304. The number of benzene rings is 2. The Morgan fingerprint density at radius 2 is 2.00 bits per heavy atom. The van der Waals surface area contributed by atoms with E-state index in [0.29, 0.717) is 24.7 Å². The predicted molar refractivity (Wildman–Crippen MR) is 92.2 cm³/mol. The lowest BCUT2D eigenvalue weighted by Gasteiger charge is -2.16. The number of carbonyl (C=O) groups is 1. The number of halogens is 1. The van der Waals surface area contributed by atoms with E-state index in [1.807, 2.05) is 54.4 Å². The van der Waals surface area contributed by atoms with Crippen molar-refractivity contribution in [3.05, 3.63) is 58.6 Å². The number of carbonyl (C=O) groups excluding carboxylic acids is 1. The van der Waals surface area contributed by atoms with Gasteiger partial charge in [0, 0.05) is 18.1 Å². The summed E-state index contributed by atoms with van der Waals surface area (Å²) < 4.78 is 10.6. The van der Waals surface area contributed by atoms with Crippen LogP contribution in [0.3, 0.4) is 0 Å². The van der Waals surface area contributed by atoms with Crippen molar-refractivity contribution in [2.75, 3.05) is 20.4 Å². The summed E-state index contributed by atoms with van der Waals surface area (Å²) in [6.07, 6.45) is 0. The first kappa shape index (κ1) is 16.6. The minimum atomic E-state index is -0.0304. The van der Waals surface area contributed by atoms with Gasteiger partial charge in [0.1, 0.15) is 0 Å². The fraction of sp³-hybridized carbons (Fsp3) is 0.278. The molecule has 3 rings (SSSR count). The molecule has 5 nitrogen and oxygen atoms in total. The van der Waals surface area contributed by atoms with Crippen molar-refractivity contribution in [1.82, 2.24) is 10.2 Å². The van der Waals surface area contributed by atoms with Gasteiger partial charge in [-0.3, -0.25) is 9.69 Å². The molecule has 2 aromatic rings. The molecule has 126 valence electrons. The molecule has 0 aliphatic carbocycles. The van der Waals surface area contributed by atoms with Crippen LogP contribution in [-0.2, 0) is 17.9 Å². The highest BCUT2D eigenvalue weighted by Crippen LogP contribution is 2.32. The molecule has 1 amide bonds. The van der Waals surface area contributed by atoms with E-state index in [0.717, 1.165) is 22.6 Å². The number of hydrogen-bond acceptors (Lipinski definition) is 4. The summed E-state index contributed by atoms with van der Waals surface area (Å²) >= 11 is 5.97. The van der Waals surface area contributed by atoms with Crippen molar-refractivity contribution >= 4 is 17.5 Å². The molecule has 0 radical (unpaired) electrons. The summed E-state index contributed by atoms with van der Waals surface area (Å²) in [5, 5.41) is 3.62. The maximum Gasteiger partial charge on any atom is 0.234 e. The van der Waals surface area contributed by atoms with E-state index in [1.165, 1.54) is 0 Å². The Hall–Kier alpha value is -2.24. The molecule has 1 aliphatic rings. The summed E-state index contributed by atoms with van der Waals surface area (Å²) in [6, 6.07) is 13.3. The molecule has 1 aliphatic heterocycles. The highest BCUT2D eigenvalue weighted by molar-refractivity contribution is 6.30. The average Bonchev–Trinajstić information content (AvgIpc) is 3.00. The van der Waals surface area contributed by atoms with Gasteiger partial charge in [-0.15, -0.1) is 0 Å². The van der Waals surface area contributed by atoms with Crippen molar-refractivity contribution in [2.45, 2.75) is 13.1 Å². The Morgan fingerprint density at radius 1 is 1.17 bits per heavy atom. The van der Waals surface area contributed by atoms with Crippen LogP contribution in [0.5, 0.6) is 11.5 Å². The summed E-state index contributed by atoms with van der Waals surface area (Å²) in [5.74, 6) is 1.43. The number of amides is 1. The Kier molecular flexibility index (Phi) is 5.23. The quantitative estimate of drug-likeness (QED) is 0.874. The van der Waals surface area contributed by atoms with Gasteiger partial charge < -0.3 is 14.8 Å². The average molecular weight is 347 g/mol. The number of nitrogens with zero attached hydrogens (tertiary/aromatic N) is 1. The molecular formula is C18H19ClN2O3. The number of fused-ring (bicyclic) bond motifs is 1. The Morgan fingerprint density at radius 3 is 2.83 bits per heavy atom. The zero-order valence-corrected chi connectivity index (χ0v) is 14.2. The first-order valence-electron chi connectivity index (χ1n) is 7.68. The number of rotatable bonds is 6. The SMILES string of the molecule is CN(CC(=O)NCc1ccc2c(c1)OCO2)Cc1cccc(Cl)c1. The van der Waals surface area contributed by atoms with Crippen LogP contribution in [0.4, 0.5) is 0 Å². The molecule has 0 unspecified atom stereocenters. The van der Waals surface area contributed by atoms with E-state index in [2.05, 4.69) is 5.32 Å². The Balaban J connectivity index is 1.47. The molecular weight excluding hydrogens is 328 g/mol. The van der Waals surface area contributed by atoms with Gasteiger partial charge >= 0.3 is 0 Å². The van der Waals surface area contributed by atoms with E-state index < -0.39 is 0 Å². The fourth-order valence-electron chi connectivity index (χ4n) is 2.56. The van der Waals surface area contributed by atoms with Crippen LogP contribution in [-0.4, -0.2) is 31.2 Å². The summed E-state index contributed by atoms with van der Waals surface area (Å²) in [6.45, 7) is 1.69. The second kappa shape index (κ2) is 7.55. The second-order valence-corrected chi connectivity index (χ2v) is 6.20. The zero-order valence-electron chi connectivity index (χ0n) is 13.4. The highest BCUT2D eigenvalue weighted by Gasteiger charge is 2.13. The van der Waals surface area contributed by atoms with Gasteiger partial charge in [-0.05, 0) is 42.4 Å². The third kappa shape index (κ3) is 4.40. The van der Waals surface area contributed by atoms with Crippen LogP contribution in [0.15, 0.2) is 42.5 Å². The van der Waals surface area contributed by atoms with Gasteiger partial charge in [-0.1, -0.05) is 29.8 Å². The van der Waals surface area contributed by atoms with Gasteiger partial charge in [-0.25, -0.2) is 0 Å². The van der Waals surface area contributed by atoms with Crippen molar-refractivity contribution in [3.63, 3.8) is 0 Å². The zero-order chi connectivity index (χ0) is 16.9. The largest absolute Gasteiger partial charge is 0.454 e. The molecule has 0 saturated carbocycles. The van der Waals surface area contributed by atoms with Crippen LogP contribution in [0.1, 0.15) is 11.1 Å². The predicted octanol–water partition coefficient (Wildman–Crippen LogP) is 2.82. The van der Waals surface area contributed by atoms with Crippen molar-refractivity contribution < 1.29 is 14.3 Å². The molecule has 1 N–H and O–H groups in total. The number of nitrogens with one attached hydrogen (secondary N) is 1. The van der Waals surface area contributed by atoms with Gasteiger partial charge in [0.15, 0.2) is 11.5 Å². The van der Waals surface area contributed by atoms with E-state index in [4.69, 9.17) is 21.1 Å². The summed E-state index contributed by atoms with van der Waals surface area (Å²) in [7, 11) is 1.90. The maximum absolute atomic E-state index is 12.1. The van der Waals surface area contributed by atoms with Crippen LogP contribution in [0.25, 0.3) is 0 Å². The molecule has 0 aromatic heterocycles. The van der Waals surface area contributed by atoms with Gasteiger partial charge in [-0.2, -0.15) is 0 Å². The normalized spacial score (nSPS) is 12.5. The first-order chi connectivity index (χ1) is 11.6. The lowest BCUT2D eigenvalue weighted by Crippen LogP contribution is -2.34. The summed E-state index contributed by atoms with van der Waals surface area (Å²) in [5.41, 5.74) is 2.05. The standard InChI is InChI=1S/C18H19ClN2O3/c1-21(10-14-3-2-4-15(19)7-14)11-18(22)20-9-13-5-6-16-17(8-13)24-12-23-16/h2-8H,9-12H2,1H3,(H,20,22). The fourth-order valence-corrected chi connectivity index (χ4v) is 2.77. The van der Waals surface area contributed by atoms with Crippen LogP contribution < -0.4 is 14.8 Å². The number of hydrogen-bond donors (Lipinski definition) is 1. The first-order valence-corrected chi connectivity index (χ1v) is 8.06. The number of likely N-dealkylation sites (N-methyl/N-ethyl adjacent to an activating group) is 1. The molecule has 0 saturated heterocycles. The van der Waals surface area contributed by atoms with Crippen LogP contribution in [0, 0.1) is 0 Å². The summed E-state index contributed by atoms with van der Waals surface area (Å²) in [4.78, 5) is 14.0. The van der Waals surface area contributed by atoms with Gasteiger partial charge in [0.05, 0.1) is 6.54 Å². The van der Waals surface area contributed by atoms with Crippen LogP contribution in [0.2, 0.25) is 5.02 Å². The third-order valence-corrected chi connectivity index (χ3v) is 3.92. The van der Waals surface area contributed by atoms with Crippen molar-refractivity contribution in [3.8, 4) is 11.5 Å². The monoisotopic (exact) mass is 346 g/mol. The molecule has 24 heavy (non-hydrogen) atoms. The molecule has 0 atom stereocenters. The molecule has 2 aromatic carbocycles. The lowest BCUT2D eigenvalue weighted by molar-refractivity contribution is -0.122. The third-order valence-electron chi connectivity index (χ3n) is 3.68. The molecule has 0 spiro atoms. The highest BCUT2D eigenvalue weighted by atomic mass is 35.5. The van der Waals surface area contributed by atoms with Gasteiger partial charge in [0.2, 0.25) is 12.7 Å².